The summed E-state index contributed by atoms with van der Waals surface area (Å²) >= 11 is 1.85. The van der Waals surface area contributed by atoms with E-state index in [0.29, 0.717) is 17.5 Å². The standard InChI is InChI=1S/C43H27N3S/c1-3-13-28(14-4-1)30-18-11-20-33(25-30)42-44-41(29-15-5-2-6-16-29)45-43(46-42)34-21-12-19-32(26-34)39-35-22-8-7-17-31(35)27-38-40(39)36-23-9-10-24-37(36)47-38/h1-27H. The maximum absolute atomic E-state index is 5.11. The lowest BCUT2D eigenvalue weighted by molar-refractivity contribution is 1.07. The van der Waals surface area contributed by atoms with E-state index in [2.05, 4.69) is 127 Å². The van der Waals surface area contributed by atoms with Crippen LogP contribution in [0, 0.1) is 0 Å². The third kappa shape index (κ3) is 4.96. The van der Waals surface area contributed by atoms with E-state index in [1.165, 1.54) is 36.5 Å². The molecule has 47 heavy (non-hydrogen) atoms. The van der Waals surface area contributed by atoms with Gasteiger partial charge in [-0.1, -0.05) is 140 Å². The molecule has 0 saturated heterocycles. The van der Waals surface area contributed by atoms with Gasteiger partial charge in [-0.25, -0.2) is 15.0 Å². The molecule has 2 heterocycles. The number of thiophene rings is 1. The van der Waals surface area contributed by atoms with E-state index in [-0.39, 0.29) is 0 Å². The van der Waals surface area contributed by atoms with Gasteiger partial charge in [0.15, 0.2) is 17.5 Å². The minimum Gasteiger partial charge on any atom is -0.208 e. The second-order valence-corrected chi connectivity index (χ2v) is 12.7. The maximum atomic E-state index is 5.11. The van der Waals surface area contributed by atoms with Crippen molar-refractivity contribution in [2.24, 2.45) is 0 Å². The Morgan fingerprint density at radius 3 is 1.57 bits per heavy atom. The summed E-state index contributed by atoms with van der Waals surface area (Å²) in [6, 6.07) is 57.4. The molecule has 0 amide bonds. The van der Waals surface area contributed by atoms with Gasteiger partial charge in [0.05, 0.1) is 0 Å². The molecule has 0 radical (unpaired) electrons. The fraction of sp³-hybridized carbons (Fsp3) is 0. The third-order valence-electron chi connectivity index (χ3n) is 8.69. The van der Waals surface area contributed by atoms with E-state index < -0.39 is 0 Å². The van der Waals surface area contributed by atoms with Gasteiger partial charge < -0.3 is 0 Å². The zero-order chi connectivity index (χ0) is 31.2. The van der Waals surface area contributed by atoms with Crippen LogP contribution in [0.2, 0.25) is 0 Å². The van der Waals surface area contributed by atoms with Crippen molar-refractivity contribution < 1.29 is 0 Å². The average molecular weight is 618 g/mol. The van der Waals surface area contributed by atoms with Crippen molar-refractivity contribution in [3.63, 3.8) is 0 Å². The van der Waals surface area contributed by atoms with Crippen molar-refractivity contribution in [3.05, 3.63) is 164 Å². The summed E-state index contributed by atoms with van der Waals surface area (Å²) in [5.41, 5.74) is 7.51. The highest BCUT2D eigenvalue weighted by Crippen LogP contribution is 2.44. The minimum absolute atomic E-state index is 0.646. The van der Waals surface area contributed by atoms with Gasteiger partial charge >= 0.3 is 0 Å². The molecule has 4 heteroatoms. The van der Waals surface area contributed by atoms with Gasteiger partial charge in [0, 0.05) is 36.9 Å². The van der Waals surface area contributed by atoms with E-state index >= 15 is 0 Å². The maximum Gasteiger partial charge on any atom is 0.164 e. The van der Waals surface area contributed by atoms with Gasteiger partial charge in [-0.15, -0.1) is 11.3 Å². The molecule has 0 aliphatic carbocycles. The molecular weight excluding hydrogens is 591 g/mol. The summed E-state index contributed by atoms with van der Waals surface area (Å²) in [5.74, 6) is 1.94. The van der Waals surface area contributed by atoms with Crippen molar-refractivity contribution in [2.45, 2.75) is 0 Å². The second kappa shape index (κ2) is 11.4. The molecule has 0 N–H and O–H groups in total. The fourth-order valence-electron chi connectivity index (χ4n) is 6.48. The molecule has 3 nitrogen and oxygen atoms in total. The van der Waals surface area contributed by atoms with Gasteiger partial charge in [-0.2, -0.15) is 0 Å². The Morgan fingerprint density at radius 1 is 0.340 bits per heavy atom. The smallest absolute Gasteiger partial charge is 0.164 e. The highest BCUT2D eigenvalue weighted by Gasteiger charge is 2.17. The first-order chi connectivity index (χ1) is 23.3. The molecule has 0 aliphatic heterocycles. The fourth-order valence-corrected chi connectivity index (χ4v) is 7.65. The third-order valence-corrected chi connectivity index (χ3v) is 9.81. The van der Waals surface area contributed by atoms with Crippen molar-refractivity contribution in [3.8, 4) is 56.4 Å². The van der Waals surface area contributed by atoms with Crippen LogP contribution in [0.25, 0.3) is 87.4 Å². The van der Waals surface area contributed by atoms with Crippen LogP contribution in [0.1, 0.15) is 0 Å². The molecule has 9 aromatic rings. The van der Waals surface area contributed by atoms with Crippen molar-refractivity contribution in [1.29, 1.82) is 0 Å². The summed E-state index contributed by atoms with van der Waals surface area (Å²) in [4.78, 5) is 15.2. The van der Waals surface area contributed by atoms with Gasteiger partial charge in [0.1, 0.15) is 0 Å². The highest BCUT2D eigenvalue weighted by atomic mass is 32.1. The predicted octanol–water partition coefficient (Wildman–Crippen LogP) is 11.7. The Labute approximate surface area is 276 Å². The Hall–Kier alpha value is -5.97. The largest absolute Gasteiger partial charge is 0.208 e. The number of rotatable bonds is 5. The minimum atomic E-state index is 0.646. The molecule has 220 valence electrons. The van der Waals surface area contributed by atoms with Crippen LogP contribution in [0.4, 0.5) is 0 Å². The van der Waals surface area contributed by atoms with Gasteiger partial charge in [0.25, 0.3) is 0 Å². The molecule has 0 fully saturated rings. The predicted molar refractivity (Wildman–Crippen MR) is 197 cm³/mol. The molecule has 0 bridgehead atoms. The number of benzene rings is 7. The topological polar surface area (TPSA) is 38.7 Å². The first-order valence-electron chi connectivity index (χ1n) is 15.7. The van der Waals surface area contributed by atoms with Crippen molar-refractivity contribution in [1.82, 2.24) is 15.0 Å². The van der Waals surface area contributed by atoms with Crippen LogP contribution in [0.3, 0.4) is 0 Å². The Morgan fingerprint density at radius 2 is 0.851 bits per heavy atom. The van der Waals surface area contributed by atoms with Gasteiger partial charge in [-0.3, -0.25) is 0 Å². The molecule has 0 atom stereocenters. The highest BCUT2D eigenvalue weighted by molar-refractivity contribution is 7.26. The zero-order valence-electron chi connectivity index (χ0n) is 25.3. The Balaban J connectivity index is 1.25. The van der Waals surface area contributed by atoms with Crippen LogP contribution >= 0.6 is 11.3 Å². The molecule has 9 rings (SSSR count). The number of fused-ring (bicyclic) bond motifs is 4. The lowest BCUT2D eigenvalue weighted by Gasteiger charge is -2.13. The number of aromatic nitrogens is 3. The van der Waals surface area contributed by atoms with Crippen LogP contribution in [-0.2, 0) is 0 Å². The molecule has 0 spiro atoms. The summed E-state index contributed by atoms with van der Waals surface area (Å²) in [7, 11) is 0. The zero-order valence-corrected chi connectivity index (χ0v) is 26.2. The van der Waals surface area contributed by atoms with E-state index in [1.807, 2.05) is 47.7 Å². The van der Waals surface area contributed by atoms with E-state index in [4.69, 9.17) is 15.0 Å². The number of nitrogens with zero attached hydrogens (tertiary/aromatic N) is 3. The second-order valence-electron chi connectivity index (χ2n) is 11.6. The van der Waals surface area contributed by atoms with Crippen LogP contribution in [0.15, 0.2) is 164 Å². The van der Waals surface area contributed by atoms with Crippen molar-refractivity contribution in [2.75, 3.05) is 0 Å². The normalized spacial score (nSPS) is 11.4. The van der Waals surface area contributed by atoms with Gasteiger partial charge in [0.2, 0.25) is 0 Å². The summed E-state index contributed by atoms with van der Waals surface area (Å²) in [5, 5.41) is 5.05. The monoisotopic (exact) mass is 617 g/mol. The van der Waals surface area contributed by atoms with E-state index in [0.717, 1.165) is 33.4 Å². The number of hydrogen-bond acceptors (Lipinski definition) is 4. The van der Waals surface area contributed by atoms with Crippen LogP contribution in [0.5, 0.6) is 0 Å². The Bertz CT molecular complexity index is 2570. The molecule has 0 unspecified atom stereocenters. The summed E-state index contributed by atoms with van der Waals surface area (Å²) in [6.45, 7) is 0. The SMILES string of the molecule is c1ccc(-c2cccc(-c3nc(-c4ccccc4)nc(-c4cccc(-c5c6ccccc6cc6sc7ccccc7c56)c4)n3)c2)cc1. The quantitative estimate of drug-likeness (QED) is 0.193. The van der Waals surface area contributed by atoms with Crippen LogP contribution in [-0.4, -0.2) is 15.0 Å². The van der Waals surface area contributed by atoms with E-state index in [1.54, 1.807) is 0 Å². The molecular formula is C43H27N3S. The first kappa shape index (κ1) is 27.3. The molecule has 0 saturated carbocycles. The molecule has 2 aromatic heterocycles. The lowest BCUT2D eigenvalue weighted by atomic mass is 9.92. The average Bonchev–Trinajstić information content (AvgIpc) is 3.52. The number of hydrogen-bond donors (Lipinski definition) is 0. The Kier molecular flexibility index (Phi) is 6.65. The molecule has 7 aromatic carbocycles. The summed E-state index contributed by atoms with van der Waals surface area (Å²) in [6.07, 6.45) is 0. The first-order valence-corrected chi connectivity index (χ1v) is 16.5. The summed E-state index contributed by atoms with van der Waals surface area (Å²) < 4.78 is 2.58. The van der Waals surface area contributed by atoms with Gasteiger partial charge in [-0.05, 0) is 57.3 Å². The van der Waals surface area contributed by atoms with E-state index in [9.17, 15) is 0 Å². The molecule has 0 aliphatic rings. The van der Waals surface area contributed by atoms with Crippen LogP contribution < -0.4 is 0 Å². The lowest BCUT2D eigenvalue weighted by Crippen LogP contribution is -2.00. The van der Waals surface area contributed by atoms with Crippen molar-refractivity contribution >= 4 is 42.3 Å².